The van der Waals surface area contributed by atoms with Crippen LogP contribution in [0.15, 0.2) is 53.1 Å². The van der Waals surface area contributed by atoms with Crippen molar-refractivity contribution in [3.8, 4) is 5.75 Å². The van der Waals surface area contributed by atoms with Gasteiger partial charge in [-0.1, -0.05) is 48.7 Å². The first kappa shape index (κ1) is 32.0. The Morgan fingerprint density at radius 3 is 2.38 bits per heavy atom. The van der Waals surface area contributed by atoms with Crippen LogP contribution in [-0.4, -0.2) is 77.3 Å². The summed E-state index contributed by atoms with van der Waals surface area (Å²) < 4.78 is 11.2. The molecule has 12 nitrogen and oxygen atoms in total. The molecule has 1 saturated carbocycles. The highest BCUT2D eigenvalue weighted by atomic mass is 16.5. The van der Waals surface area contributed by atoms with Crippen LogP contribution >= 0.6 is 0 Å². The predicted octanol–water partition coefficient (Wildman–Crippen LogP) is 3.60. The normalized spacial score (nSPS) is 18.4. The summed E-state index contributed by atoms with van der Waals surface area (Å²) in [7, 11) is 0. The Morgan fingerprint density at radius 1 is 1.00 bits per heavy atom. The Labute approximate surface area is 272 Å². The quantitative estimate of drug-likeness (QED) is 0.194. The van der Waals surface area contributed by atoms with Gasteiger partial charge in [-0.2, -0.15) is 0 Å². The van der Waals surface area contributed by atoms with E-state index in [1.54, 1.807) is 48.2 Å². The summed E-state index contributed by atoms with van der Waals surface area (Å²) in [5.41, 5.74) is 1.18. The molecule has 1 atom stereocenters. The number of aryl methyl sites for hydroxylation is 1. The fourth-order valence-corrected chi connectivity index (χ4v) is 7.06. The lowest BCUT2D eigenvalue weighted by Crippen LogP contribution is -2.57. The van der Waals surface area contributed by atoms with Crippen molar-refractivity contribution in [2.45, 2.75) is 58.4 Å². The lowest BCUT2D eigenvalue weighted by Gasteiger charge is -2.45. The Bertz CT molecular complexity index is 1670. The van der Waals surface area contributed by atoms with Crippen LogP contribution in [0, 0.1) is 12.3 Å². The third-order valence-electron chi connectivity index (χ3n) is 9.38. The highest BCUT2D eigenvalue weighted by Crippen LogP contribution is 2.44. The van der Waals surface area contributed by atoms with Gasteiger partial charge in [0.1, 0.15) is 23.5 Å². The number of hydrogen-bond acceptors (Lipinski definition) is 8. The number of ether oxygens (including phenoxy) is 1. The number of aromatic nitrogens is 1. The molecule has 6 rings (SSSR count). The van der Waals surface area contributed by atoms with Crippen molar-refractivity contribution in [1.82, 2.24) is 25.6 Å². The van der Waals surface area contributed by atoms with E-state index in [1.165, 1.54) is 4.90 Å². The second-order valence-corrected chi connectivity index (χ2v) is 12.3. The first-order valence-corrected chi connectivity index (χ1v) is 16.3. The van der Waals surface area contributed by atoms with E-state index in [0.717, 1.165) is 24.8 Å². The molecule has 1 aliphatic carbocycles. The molecule has 1 aromatic heterocycles. The topological polar surface area (TPSA) is 151 Å². The molecule has 0 radical (unpaired) electrons. The van der Waals surface area contributed by atoms with Gasteiger partial charge in [-0.25, -0.2) is 0 Å². The fraction of sp³-hybridized carbons (Fsp3) is 0.429. The summed E-state index contributed by atoms with van der Waals surface area (Å²) in [6.07, 6.45) is 3.83. The number of hydrogen-bond donors (Lipinski definition) is 2. The molecule has 0 spiro atoms. The molecule has 12 heteroatoms. The summed E-state index contributed by atoms with van der Waals surface area (Å²) in [6.45, 7) is 4.43. The van der Waals surface area contributed by atoms with Crippen molar-refractivity contribution in [3.63, 3.8) is 0 Å². The molecule has 47 heavy (non-hydrogen) atoms. The monoisotopic (exact) mass is 641 g/mol. The maximum absolute atomic E-state index is 14.7. The van der Waals surface area contributed by atoms with Crippen LogP contribution in [0.1, 0.15) is 93.2 Å². The zero-order valence-electron chi connectivity index (χ0n) is 26.7. The van der Waals surface area contributed by atoms with Gasteiger partial charge >= 0.3 is 0 Å². The molecule has 0 saturated heterocycles. The molecule has 3 heterocycles. The molecule has 2 aliphatic heterocycles. The van der Waals surface area contributed by atoms with Crippen molar-refractivity contribution in [2.75, 3.05) is 32.8 Å². The fourth-order valence-electron chi connectivity index (χ4n) is 7.06. The van der Waals surface area contributed by atoms with Crippen LogP contribution in [0.25, 0.3) is 0 Å². The standard InChI is InChI=1S/C35H39N5O7/c1-3-36-33(44)35(15-7-4-8-16-35)34(45)39-18-14-23-10-9-13-28(46-19-17-37-30(41)26-20-22(2)47-38-26)29(23)27(39)21-40-31(42)24-11-5-6-12-25(24)32(40)43/h5-6,9-13,20,27H,3-4,7-8,14-19,21H2,1-2H3,(H,36,44)(H,37,41)/t27-/m1/s1. The number of imide groups is 1. The average Bonchev–Trinajstić information content (AvgIpc) is 3.63. The molecule has 5 amide bonds. The second-order valence-electron chi connectivity index (χ2n) is 12.3. The van der Waals surface area contributed by atoms with Crippen molar-refractivity contribution < 1.29 is 33.2 Å². The average molecular weight is 642 g/mol. The molecule has 1 fully saturated rings. The highest BCUT2D eigenvalue weighted by Gasteiger charge is 2.51. The van der Waals surface area contributed by atoms with Gasteiger partial charge in [0, 0.05) is 24.7 Å². The van der Waals surface area contributed by atoms with E-state index >= 15 is 0 Å². The first-order chi connectivity index (χ1) is 22.7. The van der Waals surface area contributed by atoms with E-state index in [4.69, 9.17) is 9.26 Å². The molecule has 0 bridgehead atoms. The minimum absolute atomic E-state index is 0.0980. The zero-order valence-corrected chi connectivity index (χ0v) is 26.7. The maximum atomic E-state index is 14.7. The molecule has 2 aromatic carbocycles. The van der Waals surface area contributed by atoms with E-state index in [-0.39, 0.29) is 37.2 Å². The molecule has 3 aliphatic rings. The molecule has 2 N–H and O–H groups in total. The van der Waals surface area contributed by atoms with Crippen LogP contribution in [0.2, 0.25) is 0 Å². The number of nitrogens with one attached hydrogen (secondary N) is 2. The molecular weight excluding hydrogens is 602 g/mol. The van der Waals surface area contributed by atoms with Gasteiger partial charge in [0.15, 0.2) is 5.69 Å². The summed E-state index contributed by atoms with van der Waals surface area (Å²) >= 11 is 0. The number of carbonyl (C=O) groups is 5. The van der Waals surface area contributed by atoms with Gasteiger partial charge in [-0.15, -0.1) is 0 Å². The van der Waals surface area contributed by atoms with Crippen molar-refractivity contribution >= 4 is 29.5 Å². The smallest absolute Gasteiger partial charge is 0.273 e. The van der Waals surface area contributed by atoms with Crippen molar-refractivity contribution in [2.24, 2.45) is 5.41 Å². The lowest BCUT2D eigenvalue weighted by molar-refractivity contribution is -0.155. The van der Waals surface area contributed by atoms with Crippen LogP contribution in [-0.2, 0) is 16.0 Å². The predicted molar refractivity (Wildman–Crippen MR) is 170 cm³/mol. The summed E-state index contributed by atoms with van der Waals surface area (Å²) in [4.78, 5) is 70.8. The Kier molecular flexibility index (Phi) is 9.10. The van der Waals surface area contributed by atoms with Gasteiger partial charge in [0.2, 0.25) is 11.8 Å². The number of nitrogens with zero attached hydrogens (tertiary/aromatic N) is 3. The molecule has 3 aromatic rings. The van der Waals surface area contributed by atoms with E-state index in [1.807, 2.05) is 19.1 Å². The molecular formula is C35H39N5O7. The lowest BCUT2D eigenvalue weighted by atomic mass is 9.71. The summed E-state index contributed by atoms with van der Waals surface area (Å²) in [6, 6.07) is 13.1. The molecule has 246 valence electrons. The third-order valence-corrected chi connectivity index (χ3v) is 9.38. The van der Waals surface area contributed by atoms with Gasteiger partial charge < -0.3 is 24.8 Å². The number of carbonyl (C=O) groups excluding carboxylic acids is 5. The van der Waals surface area contributed by atoms with Crippen molar-refractivity contribution in [3.05, 3.63) is 82.2 Å². The van der Waals surface area contributed by atoms with Crippen LogP contribution in [0.4, 0.5) is 0 Å². The number of fused-ring (bicyclic) bond motifs is 2. The summed E-state index contributed by atoms with van der Waals surface area (Å²) in [5.74, 6) is -0.825. The minimum Gasteiger partial charge on any atom is -0.491 e. The minimum atomic E-state index is -1.23. The summed E-state index contributed by atoms with van der Waals surface area (Å²) in [5, 5.41) is 9.40. The Morgan fingerprint density at radius 2 is 1.72 bits per heavy atom. The van der Waals surface area contributed by atoms with Crippen LogP contribution in [0.5, 0.6) is 5.75 Å². The van der Waals surface area contributed by atoms with E-state index in [2.05, 4.69) is 15.8 Å². The van der Waals surface area contributed by atoms with E-state index in [9.17, 15) is 24.0 Å². The zero-order chi connectivity index (χ0) is 33.1. The number of amides is 5. The molecule has 0 unspecified atom stereocenters. The SMILES string of the molecule is CCNC(=O)C1(C(=O)N2CCc3cccc(OCCNC(=O)c4cc(C)on4)c3[C@H]2CN2C(=O)c3ccccc3C2=O)CCCCC1. The Hall–Kier alpha value is -5.00. The second kappa shape index (κ2) is 13.4. The van der Waals surface area contributed by atoms with Crippen LogP contribution < -0.4 is 15.4 Å². The first-order valence-electron chi connectivity index (χ1n) is 16.3. The van der Waals surface area contributed by atoms with Gasteiger partial charge in [-0.3, -0.25) is 28.9 Å². The largest absolute Gasteiger partial charge is 0.491 e. The van der Waals surface area contributed by atoms with Gasteiger partial charge in [-0.05, 0) is 56.9 Å². The number of rotatable bonds is 10. The van der Waals surface area contributed by atoms with Gasteiger partial charge in [0.05, 0.1) is 30.3 Å². The maximum Gasteiger partial charge on any atom is 0.273 e. The van der Waals surface area contributed by atoms with Crippen LogP contribution in [0.3, 0.4) is 0 Å². The van der Waals surface area contributed by atoms with Gasteiger partial charge in [0.25, 0.3) is 17.7 Å². The van der Waals surface area contributed by atoms with E-state index < -0.39 is 29.2 Å². The van der Waals surface area contributed by atoms with E-state index in [0.29, 0.717) is 60.6 Å². The third kappa shape index (κ3) is 5.99. The number of benzene rings is 2. The van der Waals surface area contributed by atoms with Crippen molar-refractivity contribution in [1.29, 1.82) is 0 Å². The Balaban J connectivity index is 1.32. The highest BCUT2D eigenvalue weighted by molar-refractivity contribution is 6.21.